The van der Waals surface area contributed by atoms with Crippen molar-refractivity contribution in [2.75, 3.05) is 6.54 Å². The third-order valence-corrected chi connectivity index (χ3v) is 5.81. The number of hydrogen-bond acceptors (Lipinski definition) is 3. The van der Waals surface area contributed by atoms with E-state index in [1.54, 1.807) is 12.3 Å². The number of unbranched alkanes of at least 4 members (excludes halogenated alkanes) is 1. The summed E-state index contributed by atoms with van der Waals surface area (Å²) in [5.41, 5.74) is 9.94. The van der Waals surface area contributed by atoms with Gasteiger partial charge in [0.1, 0.15) is 0 Å². The molecule has 4 aromatic rings. The number of carbonyl (C=O) groups excluding carboxylic acids is 1. The Kier molecular flexibility index (Phi) is 7.01. The van der Waals surface area contributed by atoms with Crippen molar-refractivity contribution >= 4 is 46.4 Å². The number of hydrazine groups is 1. The molecule has 4 rings (SSSR count). The van der Waals surface area contributed by atoms with E-state index in [2.05, 4.69) is 17.8 Å². The molecule has 1 amide bonds. The topological polar surface area (TPSA) is 58.4 Å². The van der Waals surface area contributed by atoms with Gasteiger partial charge in [-0.15, -0.1) is 0 Å². The van der Waals surface area contributed by atoms with Crippen LogP contribution in [0.25, 0.3) is 28.2 Å². The first-order valence-electron chi connectivity index (χ1n) is 10.2. The van der Waals surface area contributed by atoms with E-state index in [1.165, 1.54) is 0 Å². The molecule has 164 valence electrons. The van der Waals surface area contributed by atoms with Gasteiger partial charge in [-0.25, -0.2) is 10.4 Å². The number of hydrogen-bond donors (Lipinski definition) is 2. The van der Waals surface area contributed by atoms with Gasteiger partial charge in [0.2, 0.25) is 0 Å². The molecule has 0 saturated heterocycles. The summed E-state index contributed by atoms with van der Waals surface area (Å²) < 4.78 is 1.84. The first kappa shape index (κ1) is 22.6. The Bertz CT molecular complexity index is 1250. The highest BCUT2D eigenvalue weighted by Crippen LogP contribution is 2.36. The second kappa shape index (κ2) is 9.92. The summed E-state index contributed by atoms with van der Waals surface area (Å²) in [7, 11) is 0. The lowest BCUT2D eigenvalue weighted by Gasteiger charge is -2.10. The van der Waals surface area contributed by atoms with Gasteiger partial charge in [0.25, 0.3) is 5.91 Å². The number of pyridine rings is 1. The van der Waals surface area contributed by atoms with Crippen LogP contribution >= 0.6 is 34.8 Å². The molecule has 8 heteroatoms. The molecule has 0 aliphatic carbocycles. The molecule has 0 aliphatic heterocycles. The number of imidazole rings is 1. The molecule has 32 heavy (non-hydrogen) atoms. The van der Waals surface area contributed by atoms with E-state index in [-0.39, 0.29) is 5.91 Å². The lowest BCUT2D eigenvalue weighted by molar-refractivity contribution is 0.0932. The van der Waals surface area contributed by atoms with Gasteiger partial charge in [0, 0.05) is 33.9 Å². The molecule has 0 atom stereocenters. The maximum absolute atomic E-state index is 12.7. The average Bonchev–Trinajstić information content (AvgIpc) is 3.18. The van der Waals surface area contributed by atoms with E-state index in [9.17, 15) is 4.79 Å². The van der Waals surface area contributed by atoms with Gasteiger partial charge in [-0.2, -0.15) is 0 Å². The van der Waals surface area contributed by atoms with Crippen molar-refractivity contribution in [3.05, 3.63) is 81.4 Å². The molecule has 2 aromatic carbocycles. The normalized spacial score (nSPS) is 11.1. The predicted octanol–water partition coefficient (Wildman–Crippen LogP) is 6.66. The van der Waals surface area contributed by atoms with Crippen molar-refractivity contribution in [1.82, 2.24) is 20.2 Å². The number of nitrogens with one attached hydrogen (secondary N) is 2. The smallest absolute Gasteiger partial charge is 0.266 e. The van der Waals surface area contributed by atoms with Crippen LogP contribution in [0.15, 0.2) is 60.8 Å². The second-order valence-corrected chi connectivity index (χ2v) is 8.61. The van der Waals surface area contributed by atoms with Crippen LogP contribution in [0.3, 0.4) is 0 Å². The van der Waals surface area contributed by atoms with Crippen LogP contribution in [0, 0.1) is 0 Å². The number of halogens is 3. The van der Waals surface area contributed by atoms with Crippen LogP contribution in [-0.2, 0) is 0 Å². The Morgan fingerprint density at radius 1 is 0.969 bits per heavy atom. The summed E-state index contributed by atoms with van der Waals surface area (Å²) in [6, 6.07) is 16.5. The summed E-state index contributed by atoms with van der Waals surface area (Å²) in [6.45, 7) is 2.78. The maximum Gasteiger partial charge on any atom is 0.266 e. The third-order valence-electron chi connectivity index (χ3n) is 5.03. The van der Waals surface area contributed by atoms with Crippen molar-refractivity contribution < 1.29 is 4.79 Å². The maximum atomic E-state index is 12.7. The van der Waals surface area contributed by atoms with Crippen molar-refractivity contribution in [3.63, 3.8) is 0 Å². The molecule has 2 aromatic heterocycles. The quantitative estimate of drug-likeness (QED) is 0.226. The van der Waals surface area contributed by atoms with Gasteiger partial charge in [0.05, 0.1) is 22.0 Å². The lowest BCUT2D eigenvalue weighted by Crippen LogP contribution is -2.38. The fourth-order valence-electron chi connectivity index (χ4n) is 3.40. The summed E-state index contributed by atoms with van der Waals surface area (Å²) in [5.74, 6) is -0.270. The second-order valence-electron chi connectivity index (χ2n) is 7.33. The number of nitrogens with zero attached hydrogens (tertiary/aromatic N) is 2. The number of aromatic nitrogens is 2. The van der Waals surface area contributed by atoms with E-state index in [4.69, 9.17) is 39.8 Å². The van der Waals surface area contributed by atoms with Crippen LogP contribution in [0.4, 0.5) is 0 Å². The van der Waals surface area contributed by atoms with Crippen LogP contribution in [-0.4, -0.2) is 21.8 Å². The monoisotopic (exact) mass is 486 g/mol. The lowest BCUT2D eigenvalue weighted by atomic mass is 10.0. The van der Waals surface area contributed by atoms with Gasteiger partial charge in [-0.3, -0.25) is 14.6 Å². The molecule has 0 fully saturated rings. The summed E-state index contributed by atoms with van der Waals surface area (Å²) in [6.07, 6.45) is 3.74. The first-order chi connectivity index (χ1) is 15.5. The Morgan fingerprint density at radius 3 is 2.22 bits per heavy atom. The Labute approximate surface area is 201 Å². The minimum absolute atomic E-state index is 0.270. The van der Waals surface area contributed by atoms with Crippen molar-refractivity contribution in [2.45, 2.75) is 19.8 Å². The number of rotatable bonds is 7. The van der Waals surface area contributed by atoms with Gasteiger partial charge >= 0.3 is 0 Å². The van der Waals surface area contributed by atoms with Gasteiger partial charge in [-0.05, 0) is 36.8 Å². The minimum Gasteiger partial charge on any atom is -0.297 e. The number of fused-ring (bicyclic) bond motifs is 1. The van der Waals surface area contributed by atoms with E-state index >= 15 is 0 Å². The van der Waals surface area contributed by atoms with E-state index in [0.717, 1.165) is 35.4 Å². The molecule has 0 spiro atoms. The van der Waals surface area contributed by atoms with E-state index < -0.39 is 0 Å². The average molecular weight is 488 g/mol. The van der Waals surface area contributed by atoms with Gasteiger partial charge in [0.15, 0.2) is 5.65 Å². The van der Waals surface area contributed by atoms with Crippen LogP contribution in [0.5, 0.6) is 0 Å². The Balaban J connectivity index is 1.85. The standard InChI is InChI=1S/C24H21Cl3N4O/c1-2-3-12-28-30-24(32)17-13-20(27)23-29-21(15-4-8-18(25)9-5-15)22(31(23)14-17)16-6-10-19(26)11-7-16/h4-11,13-14,28H,2-3,12H2,1H3,(H,30,32). The summed E-state index contributed by atoms with van der Waals surface area (Å²) >= 11 is 18.8. The summed E-state index contributed by atoms with van der Waals surface area (Å²) in [4.78, 5) is 17.5. The molecule has 0 bridgehead atoms. The molecule has 2 N–H and O–H groups in total. The molecule has 0 radical (unpaired) electrons. The first-order valence-corrected chi connectivity index (χ1v) is 11.4. The fraction of sp³-hybridized carbons (Fsp3) is 0.167. The molecular weight excluding hydrogens is 467 g/mol. The van der Waals surface area contributed by atoms with E-state index in [0.29, 0.717) is 32.8 Å². The Morgan fingerprint density at radius 2 is 1.59 bits per heavy atom. The predicted molar refractivity (Wildman–Crippen MR) is 131 cm³/mol. The molecule has 2 heterocycles. The van der Waals surface area contributed by atoms with Crippen molar-refractivity contribution in [2.24, 2.45) is 0 Å². The summed E-state index contributed by atoms with van der Waals surface area (Å²) in [5, 5.41) is 1.65. The van der Waals surface area contributed by atoms with Crippen LogP contribution in [0.2, 0.25) is 15.1 Å². The van der Waals surface area contributed by atoms with Crippen molar-refractivity contribution in [1.29, 1.82) is 0 Å². The van der Waals surface area contributed by atoms with E-state index in [1.807, 2.05) is 52.9 Å². The van der Waals surface area contributed by atoms with Crippen LogP contribution in [0.1, 0.15) is 30.1 Å². The molecule has 5 nitrogen and oxygen atoms in total. The van der Waals surface area contributed by atoms with Crippen molar-refractivity contribution in [3.8, 4) is 22.5 Å². The minimum atomic E-state index is -0.270. The molecule has 0 saturated carbocycles. The van der Waals surface area contributed by atoms with Gasteiger partial charge < -0.3 is 0 Å². The molecule has 0 unspecified atom stereocenters. The SMILES string of the molecule is CCCCNNC(=O)c1cc(Cl)c2nc(-c3ccc(Cl)cc3)c(-c3ccc(Cl)cc3)n2c1. The zero-order chi connectivity index (χ0) is 22.7. The number of amides is 1. The zero-order valence-electron chi connectivity index (χ0n) is 17.3. The Hall–Kier alpha value is -2.57. The zero-order valence-corrected chi connectivity index (χ0v) is 19.6. The van der Waals surface area contributed by atoms with Crippen LogP contribution < -0.4 is 10.9 Å². The number of benzene rings is 2. The highest BCUT2D eigenvalue weighted by molar-refractivity contribution is 6.34. The molecular formula is C24H21Cl3N4O. The van der Waals surface area contributed by atoms with Gasteiger partial charge in [-0.1, -0.05) is 72.4 Å². The fourth-order valence-corrected chi connectivity index (χ4v) is 3.90. The molecule has 0 aliphatic rings. The largest absolute Gasteiger partial charge is 0.297 e. The highest BCUT2D eigenvalue weighted by atomic mass is 35.5. The highest BCUT2D eigenvalue weighted by Gasteiger charge is 2.20. The number of carbonyl (C=O) groups is 1. The third kappa shape index (κ3) is 4.76.